The fourth-order valence-corrected chi connectivity index (χ4v) is 1.33. The van der Waals surface area contributed by atoms with Crippen LogP contribution in [0.1, 0.15) is 0 Å². The second-order valence-electron chi connectivity index (χ2n) is 2.70. The summed E-state index contributed by atoms with van der Waals surface area (Å²) < 4.78 is 48.5. The number of ether oxygens (including phenoxy) is 3. The molecule has 0 spiro atoms. The van der Waals surface area contributed by atoms with Crippen molar-refractivity contribution in [1.29, 1.82) is 0 Å². The average Bonchev–Trinajstić information content (AvgIpc) is 2.28. The van der Waals surface area contributed by atoms with Gasteiger partial charge in [-0.15, -0.1) is 0 Å². The van der Waals surface area contributed by atoms with Crippen LogP contribution in [0.25, 0.3) is 0 Å². The van der Waals surface area contributed by atoms with Gasteiger partial charge in [-0.3, -0.25) is 4.79 Å². The molecule has 0 N–H and O–H groups in total. The Labute approximate surface area is 111 Å². The van der Waals surface area contributed by atoms with Gasteiger partial charge in [0.2, 0.25) is 4.38 Å². The van der Waals surface area contributed by atoms with Crippen LogP contribution in [0.4, 0.5) is 13.2 Å². The van der Waals surface area contributed by atoms with E-state index in [9.17, 15) is 18.0 Å². The summed E-state index contributed by atoms with van der Waals surface area (Å²) in [5.41, 5.74) is 0. The summed E-state index contributed by atoms with van der Waals surface area (Å²) in [7, 11) is 0. The summed E-state index contributed by atoms with van der Waals surface area (Å²) in [5, 5.41) is 0. The van der Waals surface area contributed by atoms with E-state index in [2.05, 4.69) is 33.0 Å². The van der Waals surface area contributed by atoms with E-state index in [1.165, 1.54) is 6.26 Å². The smallest absolute Gasteiger partial charge is 0.422 e. The molecule has 0 rings (SSSR count). The van der Waals surface area contributed by atoms with E-state index in [0.29, 0.717) is 11.8 Å². The molecule has 9 heteroatoms. The molecule has 0 aromatic carbocycles. The van der Waals surface area contributed by atoms with Crippen LogP contribution in [0.2, 0.25) is 0 Å². The van der Waals surface area contributed by atoms with E-state index in [4.69, 9.17) is 0 Å². The molecule has 0 saturated heterocycles. The van der Waals surface area contributed by atoms with Crippen LogP contribution in [0, 0.1) is 0 Å². The van der Waals surface area contributed by atoms with Crippen molar-refractivity contribution in [2.45, 2.75) is 6.18 Å². The first-order valence-corrected chi connectivity index (χ1v) is 5.99. The van der Waals surface area contributed by atoms with Crippen LogP contribution < -0.4 is 0 Å². The lowest BCUT2D eigenvalue weighted by Crippen LogP contribution is -2.19. The topological polar surface area (TPSA) is 44.8 Å². The van der Waals surface area contributed by atoms with Crippen LogP contribution in [-0.2, 0) is 19.0 Å². The number of hydrogen-bond donors (Lipinski definition) is 0. The molecule has 0 heterocycles. The van der Waals surface area contributed by atoms with Crippen LogP contribution in [0.5, 0.6) is 0 Å². The number of alkyl halides is 3. The fourth-order valence-electron chi connectivity index (χ4n) is 0.629. The van der Waals surface area contributed by atoms with Crippen LogP contribution in [0.15, 0.2) is 12.8 Å². The molecule has 0 aromatic rings. The normalized spacial score (nSPS) is 10.6. The summed E-state index contributed by atoms with van der Waals surface area (Å²) in [6.07, 6.45) is -3.25. The average molecular weight is 304 g/mol. The first kappa shape index (κ1) is 17.0. The highest BCUT2D eigenvalue weighted by Crippen LogP contribution is 2.17. The van der Waals surface area contributed by atoms with Gasteiger partial charge in [0.25, 0.3) is 0 Å². The number of halogens is 3. The Morgan fingerprint density at radius 2 is 2.00 bits per heavy atom. The quantitative estimate of drug-likeness (QED) is 0.311. The molecule has 4 nitrogen and oxygen atoms in total. The van der Waals surface area contributed by atoms with Gasteiger partial charge in [0.05, 0.1) is 12.0 Å². The minimum atomic E-state index is -4.45. The molecule has 0 atom stereocenters. The number of carbonyl (C=O) groups is 1. The molecular formula is C9H11F3O4S2. The highest BCUT2D eigenvalue weighted by molar-refractivity contribution is 8.23. The zero-order chi connectivity index (χ0) is 14.0. The lowest BCUT2D eigenvalue weighted by molar-refractivity contribution is -0.154. The Morgan fingerprint density at radius 1 is 1.33 bits per heavy atom. The molecule has 18 heavy (non-hydrogen) atoms. The number of thioether (sulfide) groups is 1. The van der Waals surface area contributed by atoms with E-state index in [0.717, 1.165) is 0 Å². The Balaban J connectivity index is 3.59. The third-order valence-electron chi connectivity index (χ3n) is 1.24. The van der Waals surface area contributed by atoms with Crippen molar-refractivity contribution >= 4 is 34.3 Å². The second kappa shape index (κ2) is 9.03. The minimum absolute atomic E-state index is 0.0293. The molecule has 0 aliphatic heterocycles. The van der Waals surface area contributed by atoms with Crippen molar-refractivity contribution in [2.75, 3.05) is 25.6 Å². The largest absolute Gasteiger partial charge is 0.498 e. The first-order valence-electron chi connectivity index (χ1n) is 4.59. The lowest BCUT2D eigenvalue weighted by atomic mass is 10.7. The molecule has 0 fully saturated rings. The Hall–Kier alpha value is -0.960. The predicted octanol–water partition coefficient (Wildman–Crippen LogP) is 2.29. The standard InChI is InChI=1S/C9H11F3O4S2/c1-2-14-3-4-15-7(13)5-18-8(17)16-6-9(10,11)12/h2H,1,3-6H2. The SMILES string of the molecule is C=COCCOC(=O)CSC(=S)OCC(F)(F)F. The maximum atomic E-state index is 11.7. The van der Waals surface area contributed by atoms with Crippen molar-refractivity contribution in [3.8, 4) is 0 Å². The summed E-state index contributed by atoms with van der Waals surface area (Å²) in [4.78, 5) is 11.0. The number of hydrogen-bond acceptors (Lipinski definition) is 6. The van der Waals surface area contributed by atoms with E-state index >= 15 is 0 Å². The van der Waals surface area contributed by atoms with Gasteiger partial charge in [0.1, 0.15) is 13.2 Å². The van der Waals surface area contributed by atoms with Crippen molar-refractivity contribution in [3.05, 3.63) is 12.8 Å². The molecule has 0 aliphatic carbocycles. The lowest BCUT2D eigenvalue weighted by Gasteiger charge is -2.09. The first-order chi connectivity index (χ1) is 8.35. The second-order valence-corrected chi connectivity index (χ2v) is 4.28. The molecule has 0 aliphatic rings. The van der Waals surface area contributed by atoms with Gasteiger partial charge < -0.3 is 14.2 Å². The Kier molecular flexibility index (Phi) is 8.55. The maximum Gasteiger partial charge on any atom is 0.422 e. The number of esters is 1. The van der Waals surface area contributed by atoms with Crippen LogP contribution in [0.3, 0.4) is 0 Å². The van der Waals surface area contributed by atoms with Crippen molar-refractivity contribution in [3.63, 3.8) is 0 Å². The molecule has 104 valence electrons. The fraction of sp³-hybridized carbons (Fsp3) is 0.556. The van der Waals surface area contributed by atoms with Crippen LogP contribution >= 0.6 is 24.0 Å². The molecule has 0 bridgehead atoms. The van der Waals surface area contributed by atoms with E-state index in [1.807, 2.05) is 0 Å². The van der Waals surface area contributed by atoms with Gasteiger partial charge in [-0.2, -0.15) is 13.2 Å². The molecule has 0 amide bonds. The monoisotopic (exact) mass is 304 g/mol. The van der Waals surface area contributed by atoms with Gasteiger partial charge in [0, 0.05) is 0 Å². The zero-order valence-electron chi connectivity index (χ0n) is 9.20. The summed E-state index contributed by atoms with van der Waals surface area (Å²) in [6, 6.07) is 0. The molecule has 0 radical (unpaired) electrons. The van der Waals surface area contributed by atoms with E-state index in [-0.39, 0.29) is 23.3 Å². The Morgan fingerprint density at radius 3 is 2.56 bits per heavy atom. The predicted molar refractivity (Wildman–Crippen MR) is 64.2 cm³/mol. The van der Waals surface area contributed by atoms with Crippen molar-refractivity contribution < 1.29 is 32.2 Å². The number of rotatable bonds is 7. The Bertz CT molecular complexity index is 294. The van der Waals surface area contributed by atoms with Crippen molar-refractivity contribution in [2.24, 2.45) is 0 Å². The zero-order valence-corrected chi connectivity index (χ0v) is 10.8. The molecular weight excluding hydrogens is 293 g/mol. The van der Waals surface area contributed by atoms with Gasteiger partial charge in [-0.1, -0.05) is 18.3 Å². The molecule has 0 saturated carbocycles. The highest BCUT2D eigenvalue weighted by atomic mass is 32.2. The third-order valence-corrected chi connectivity index (χ3v) is 2.45. The van der Waals surface area contributed by atoms with Crippen molar-refractivity contribution in [1.82, 2.24) is 0 Å². The van der Waals surface area contributed by atoms with E-state index < -0.39 is 18.8 Å². The van der Waals surface area contributed by atoms with E-state index in [1.54, 1.807) is 0 Å². The van der Waals surface area contributed by atoms with Gasteiger partial charge >= 0.3 is 12.1 Å². The minimum Gasteiger partial charge on any atom is -0.498 e. The van der Waals surface area contributed by atoms with Gasteiger partial charge in [0.15, 0.2) is 6.61 Å². The van der Waals surface area contributed by atoms with Gasteiger partial charge in [-0.25, -0.2) is 0 Å². The molecule has 0 aromatic heterocycles. The summed E-state index contributed by atoms with van der Waals surface area (Å²) in [5.74, 6) is -0.837. The summed E-state index contributed by atoms with van der Waals surface area (Å²) >= 11 is 5.15. The van der Waals surface area contributed by atoms with Gasteiger partial charge in [-0.05, 0) is 12.2 Å². The molecule has 0 unspecified atom stereocenters. The maximum absolute atomic E-state index is 11.7. The number of thiocarbonyl (C=S) groups is 1. The number of carbonyl (C=O) groups excluding carboxylic acids is 1. The van der Waals surface area contributed by atoms with Crippen LogP contribution in [-0.4, -0.2) is 42.1 Å². The third kappa shape index (κ3) is 11.5. The highest BCUT2D eigenvalue weighted by Gasteiger charge is 2.29. The summed E-state index contributed by atoms with van der Waals surface area (Å²) in [6.45, 7) is 2.00.